The SMILES string of the molecule is CCOC(=O)CCc1cc(F)c(OCc2ccccc2N2CCCCC2)c(F)c1. The van der Waals surface area contributed by atoms with Crippen molar-refractivity contribution in [1.29, 1.82) is 0 Å². The van der Waals surface area contributed by atoms with Gasteiger partial charge in [0.15, 0.2) is 17.4 Å². The van der Waals surface area contributed by atoms with Gasteiger partial charge in [0.25, 0.3) is 0 Å². The quantitative estimate of drug-likeness (QED) is 0.580. The number of aryl methyl sites for hydroxylation is 1. The number of rotatable bonds is 8. The largest absolute Gasteiger partial charge is 0.483 e. The molecule has 3 rings (SSSR count). The van der Waals surface area contributed by atoms with Crippen LogP contribution in [-0.4, -0.2) is 25.7 Å². The minimum atomic E-state index is -0.765. The monoisotopic (exact) mass is 403 g/mol. The molecule has 0 aliphatic carbocycles. The Hall–Kier alpha value is -2.63. The minimum absolute atomic E-state index is 0.0795. The van der Waals surface area contributed by atoms with Gasteiger partial charge in [-0.1, -0.05) is 18.2 Å². The van der Waals surface area contributed by atoms with Gasteiger partial charge in [0.05, 0.1) is 6.61 Å². The third-order valence-electron chi connectivity index (χ3n) is 5.04. The van der Waals surface area contributed by atoms with Crippen molar-refractivity contribution in [2.45, 2.75) is 45.6 Å². The minimum Gasteiger partial charge on any atom is -0.483 e. The maximum atomic E-state index is 14.4. The van der Waals surface area contributed by atoms with Crippen molar-refractivity contribution >= 4 is 11.7 Å². The van der Waals surface area contributed by atoms with E-state index >= 15 is 0 Å². The zero-order chi connectivity index (χ0) is 20.6. The topological polar surface area (TPSA) is 38.8 Å². The number of carbonyl (C=O) groups excluding carboxylic acids is 1. The first-order valence-electron chi connectivity index (χ1n) is 10.2. The summed E-state index contributed by atoms with van der Waals surface area (Å²) in [7, 11) is 0. The van der Waals surface area contributed by atoms with Gasteiger partial charge in [-0.05, 0) is 56.4 Å². The molecule has 0 bridgehead atoms. The Morgan fingerprint density at radius 3 is 2.45 bits per heavy atom. The molecule has 1 aliphatic heterocycles. The number of ether oxygens (including phenoxy) is 2. The Morgan fingerprint density at radius 1 is 1.07 bits per heavy atom. The molecule has 156 valence electrons. The van der Waals surface area contributed by atoms with E-state index in [1.807, 2.05) is 24.3 Å². The highest BCUT2D eigenvalue weighted by Crippen LogP contribution is 2.28. The van der Waals surface area contributed by atoms with Gasteiger partial charge < -0.3 is 14.4 Å². The third-order valence-corrected chi connectivity index (χ3v) is 5.04. The van der Waals surface area contributed by atoms with Gasteiger partial charge in [0.2, 0.25) is 0 Å². The van der Waals surface area contributed by atoms with Crippen LogP contribution in [0.2, 0.25) is 0 Å². The van der Waals surface area contributed by atoms with Gasteiger partial charge in [-0.3, -0.25) is 4.79 Å². The zero-order valence-electron chi connectivity index (χ0n) is 16.8. The van der Waals surface area contributed by atoms with Crippen LogP contribution < -0.4 is 9.64 Å². The summed E-state index contributed by atoms with van der Waals surface area (Å²) >= 11 is 0. The number of hydrogen-bond donors (Lipinski definition) is 0. The number of halogens is 2. The second-order valence-corrected chi connectivity index (χ2v) is 7.16. The van der Waals surface area contributed by atoms with Crippen LogP contribution in [0, 0.1) is 11.6 Å². The molecule has 0 aromatic heterocycles. The molecule has 1 aliphatic rings. The Morgan fingerprint density at radius 2 is 1.76 bits per heavy atom. The lowest BCUT2D eigenvalue weighted by atomic mass is 10.1. The molecular formula is C23H27F2NO3. The van der Waals surface area contributed by atoms with E-state index in [0.717, 1.165) is 37.2 Å². The molecule has 6 heteroatoms. The first kappa shape index (κ1) is 21.1. The summed E-state index contributed by atoms with van der Waals surface area (Å²) in [6.07, 6.45) is 3.81. The lowest BCUT2D eigenvalue weighted by Gasteiger charge is -2.30. The second kappa shape index (κ2) is 10.2. The van der Waals surface area contributed by atoms with E-state index in [4.69, 9.17) is 9.47 Å². The molecule has 1 heterocycles. The molecule has 1 fully saturated rings. The zero-order valence-corrected chi connectivity index (χ0v) is 16.8. The Labute approximate surface area is 170 Å². The standard InChI is InChI=1S/C23H27F2NO3/c1-2-28-22(27)11-10-17-14-19(24)23(20(25)15-17)29-16-18-8-4-5-9-21(18)26-12-6-3-7-13-26/h4-5,8-9,14-15H,2-3,6-7,10-13,16H2,1H3. The Kier molecular flexibility index (Phi) is 7.44. The van der Waals surface area contributed by atoms with Crippen LogP contribution in [0.5, 0.6) is 5.75 Å². The number of piperidine rings is 1. The van der Waals surface area contributed by atoms with Crippen LogP contribution in [0.4, 0.5) is 14.5 Å². The van der Waals surface area contributed by atoms with Crippen LogP contribution in [0.25, 0.3) is 0 Å². The van der Waals surface area contributed by atoms with Crippen molar-refractivity contribution in [2.24, 2.45) is 0 Å². The third kappa shape index (κ3) is 5.68. The van der Waals surface area contributed by atoms with E-state index in [9.17, 15) is 13.6 Å². The average Bonchev–Trinajstić information content (AvgIpc) is 2.73. The number of hydrogen-bond acceptors (Lipinski definition) is 4. The molecule has 0 radical (unpaired) electrons. The Bertz CT molecular complexity index is 812. The number of para-hydroxylation sites is 1. The van der Waals surface area contributed by atoms with E-state index in [0.29, 0.717) is 5.56 Å². The summed E-state index contributed by atoms with van der Waals surface area (Å²) in [5.74, 6) is -2.31. The molecule has 2 aromatic rings. The van der Waals surface area contributed by atoms with E-state index in [2.05, 4.69) is 4.90 Å². The lowest BCUT2D eigenvalue weighted by Crippen LogP contribution is -2.30. The van der Waals surface area contributed by atoms with Crippen LogP contribution in [-0.2, 0) is 22.6 Å². The predicted octanol–water partition coefficient (Wildman–Crippen LogP) is 5.03. The fourth-order valence-electron chi connectivity index (χ4n) is 3.60. The van der Waals surface area contributed by atoms with Crippen molar-refractivity contribution in [3.8, 4) is 5.75 Å². The summed E-state index contributed by atoms with van der Waals surface area (Å²) in [4.78, 5) is 13.7. The van der Waals surface area contributed by atoms with E-state index in [1.54, 1.807) is 6.92 Å². The number of benzene rings is 2. The van der Waals surface area contributed by atoms with Crippen LogP contribution in [0.15, 0.2) is 36.4 Å². The van der Waals surface area contributed by atoms with Gasteiger partial charge in [-0.15, -0.1) is 0 Å². The number of esters is 1. The van der Waals surface area contributed by atoms with E-state index < -0.39 is 17.4 Å². The first-order valence-corrected chi connectivity index (χ1v) is 10.2. The maximum absolute atomic E-state index is 14.4. The molecule has 29 heavy (non-hydrogen) atoms. The van der Waals surface area contributed by atoms with E-state index in [1.165, 1.54) is 18.6 Å². The van der Waals surface area contributed by atoms with Crippen molar-refractivity contribution in [3.63, 3.8) is 0 Å². The van der Waals surface area contributed by atoms with Gasteiger partial charge in [0.1, 0.15) is 6.61 Å². The summed E-state index contributed by atoms with van der Waals surface area (Å²) in [5.41, 5.74) is 2.35. The number of nitrogens with zero attached hydrogens (tertiary/aromatic N) is 1. The molecule has 1 saturated heterocycles. The van der Waals surface area contributed by atoms with Crippen LogP contribution >= 0.6 is 0 Å². The van der Waals surface area contributed by atoms with Gasteiger partial charge >= 0.3 is 5.97 Å². The molecular weight excluding hydrogens is 376 g/mol. The molecule has 0 spiro atoms. The number of anilines is 1. The molecule has 0 unspecified atom stereocenters. The summed E-state index contributed by atoms with van der Waals surface area (Å²) in [6, 6.07) is 10.2. The second-order valence-electron chi connectivity index (χ2n) is 7.16. The van der Waals surface area contributed by atoms with Crippen LogP contribution in [0.3, 0.4) is 0 Å². The predicted molar refractivity (Wildman–Crippen MR) is 108 cm³/mol. The molecule has 0 atom stereocenters. The molecule has 0 saturated carbocycles. The van der Waals surface area contributed by atoms with Gasteiger partial charge in [-0.2, -0.15) is 0 Å². The fourth-order valence-corrected chi connectivity index (χ4v) is 3.60. The highest BCUT2D eigenvalue weighted by atomic mass is 19.1. The van der Waals surface area contributed by atoms with Crippen molar-refractivity contribution in [1.82, 2.24) is 0 Å². The lowest BCUT2D eigenvalue weighted by molar-refractivity contribution is -0.143. The van der Waals surface area contributed by atoms with Gasteiger partial charge in [-0.25, -0.2) is 8.78 Å². The normalized spacial score (nSPS) is 14.0. The van der Waals surface area contributed by atoms with Crippen LogP contribution in [0.1, 0.15) is 43.7 Å². The molecule has 4 nitrogen and oxygen atoms in total. The van der Waals surface area contributed by atoms with Gasteiger partial charge in [0, 0.05) is 30.8 Å². The highest BCUT2D eigenvalue weighted by Gasteiger charge is 2.17. The molecule has 2 aromatic carbocycles. The highest BCUT2D eigenvalue weighted by molar-refractivity contribution is 5.69. The van der Waals surface area contributed by atoms with Crippen molar-refractivity contribution < 1.29 is 23.0 Å². The number of carbonyl (C=O) groups is 1. The smallest absolute Gasteiger partial charge is 0.306 e. The summed E-state index contributed by atoms with van der Waals surface area (Å²) in [6.45, 7) is 4.05. The molecule has 0 amide bonds. The van der Waals surface area contributed by atoms with Crippen molar-refractivity contribution in [3.05, 3.63) is 59.2 Å². The first-order chi connectivity index (χ1) is 14.1. The Balaban J connectivity index is 1.67. The van der Waals surface area contributed by atoms with Crippen molar-refractivity contribution in [2.75, 3.05) is 24.6 Å². The molecule has 0 N–H and O–H groups in total. The fraction of sp³-hybridized carbons (Fsp3) is 0.435. The average molecular weight is 403 g/mol. The summed E-state index contributed by atoms with van der Waals surface area (Å²) < 4.78 is 39.3. The summed E-state index contributed by atoms with van der Waals surface area (Å²) in [5, 5.41) is 0. The maximum Gasteiger partial charge on any atom is 0.306 e. The van der Waals surface area contributed by atoms with E-state index in [-0.39, 0.29) is 32.0 Å².